The zero-order valence-corrected chi connectivity index (χ0v) is 10.4. The molecule has 1 aliphatic carbocycles. The molecule has 1 rings (SSSR count). The number of rotatable bonds is 8. The molecule has 106 valence electrons. The lowest BCUT2D eigenvalue weighted by Gasteiger charge is -2.15. The van der Waals surface area contributed by atoms with Gasteiger partial charge in [0.1, 0.15) is 6.54 Å². The molecule has 18 heavy (non-hydrogen) atoms. The number of carbonyl (C=O) groups excluding carboxylic acids is 1. The van der Waals surface area contributed by atoms with E-state index < -0.39 is 18.6 Å². The minimum absolute atomic E-state index is 0.0786. The van der Waals surface area contributed by atoms with Gasteiger partial charge >= 0.3 is 6.18 Å². The Morgan fingerprint density at radius 1 is 1.39 bits per heavy atom. The summed E-state index contributed by atoms with van der Waals surface area (Å²) in [6.07, 6.45) is -1.28. The summed E-state index contributed by atoms with van der Waals surface area (Å²) >= 11 is 0. The number of carbonyl (C=O) groups is 1. The van der Waals surface area contributed by atoms with Crippen LogP contribution in [0.15, 0.2) is 0 Å². The van der Waals surface area contributed by atoms with Crippen molar-refractivity contribution in [1.29, 1.82) is 0 Å². The highest BCUT2D eigenvalue weighted by atomic mass is 19.4. The Morgan fingerprint density at radius 3 is 2.56 bits per heavy atom. The molecule has 0 aromatic rings. The number of hydrogen-bond acceptors (Lipinski definition) is 3. The van der Waals surface area contributed by atoms with E-state index in [1.807, 2.05) is 5.32 Å². The third-order valence-corrected chi connectivity index (χ3v) is 3.07. The van der Waals surface area contributed by atoms with Crippen LogP contribution in [0.25, 0.3) is 0 Å². The summed E-state index contributed by atoms with van der Waals surface area (Å²) < 4.78 is 40.5. The molecule has 1 fully saturated rings. The van der Waals surface area contributed by atoms with Crippen LogP contribution in [-0.2, 0) is 9.53 Å². The number of amides is 1. The molecular formula is C11H19F3N2O2. The van der Waals surface area contributed by atoms with Crippen molar-refractivity contribution >= 4 is 5.91 Å². The fourth-order valence-corrected chi connectivity index (χ4v) is 1.71. The average molecular weight is 268 g/mol. The predicted molar refractivity (Wildman–Crippen MR) is 60.1 cm³/mol. The fourth-order valence-electron chi connectivity index (χ4n) is 1.71. The number of nitrogens with one attached hydrogen (secondary N) is 2. The molecule has 0 spiro atoms. The summed E-state index contributed by atoms with van der Waals surface area (Å²) in [6.45, 7) is -0.0368. The number of halogens is 3. The van der Waals surface area contributed by atoms with E-state index in [4.69, 9.17) is 4.74 Å². The minimum atomic E-state index is -4.36. The molecule has 0 atom stereocenters. The zero-order chi connectivity index (χ0) is 13.6. The standard InChI is InChI=1S/C11H19F3N2O2/c1-18-5-4-10(2-3-10)7-15-6-9(17)16-8-11(12,13)14/h15H,2-8H2,1H3,(H,16,17). The molecule has 0 radical (unpaired) electrons. The monoisotopic (exact) mass is 268 g/mol. The van der Waals surface area contributed by atoms with Crippen LogP contribution in [0.1, 0.15) is 19.3 Å². The molecule has 0 aromatic heterocycles. The van der Waals surface area contributed by atoms with Gasteiger partial charge in [0.2, 0.25) is 5.91 Å². The lowest BCUT2D eigenvalue weighted by atomic mass is 10.0. The van der Waals surface area contributed by atoms with Crippen LogP contribution in [-0.4, -0.2) is 45.4 Å². The highest BCUT2D eigenvalue weighted by Crippen LogP contribution is 2.48. The molecular weight excluding hydrogens is 249 g/mol. The molecule has 0 saturated heterocycles. The van der Waals surface area contributed by atoms with E-state index in [0.717, 1.165) is 19.3 Å². The lowest BCUT2D eigenvalue weighted by Crippen LogP contribution is -2.40. The summed E-state index contributed by atoms with van der Waals surface area (Å²) in [4.78, 5) is 11.1. The molecule has 1 saturated carbocycles. The van der Waals surface area contributed by atoms with Gasteiger partial charge in [-0.1, -0.05) is 0 Å². The first-order valence-electron chi connectivity index (χ1n) is 5.90. The van der Waals surface area contributed by atoms with Crippen molar-refractivity contribution in [2.24, 2.45) is 5.41 Å². The summed E-state index contributed by atoms with van der Waals surface area (Å²) in [5, 5.41) is 4.72. The number of hydrogen-bond donors (Lipinski definition) is 2. The van der Waals surface area contributed by atoms with Gasteiger partial charge in [0.25, 0.3) is 0 Å². The summed E-state index contributed by atoms with van der Waals surface area (Å²) in [5.41, 5.74) is 0.181. The second-order valence-electron chi connectivity index (χ2n) is 4.74. The number of alkyl halides is 3. The SMILES string of the molecule is COCCC1(CNCC(=O)NCC(F)(F)F)CC1. The van der Waals surface area contributed by atoms with Gasteiger partial charge in [0, 0.05) is 20.3 Å². The zero-order valence-electron chi connectivity index (χ0n) is 10.4. The topological polar surface area (TPSA) is 50.4 Å². The maximum Gasteiger partial charge on any atom is 0.405 e. The van der Waals surface area contributed by atoms with Crippen molar-refractivity contribution in [1.82, 2.24) is 10.6 Å². The van der Waals surface area contributed by atoms with Gasteiger partial charge in [-0.3, -0.25) is 4.79 Å². The number of methoxy groups -OCH3 is 1. The van der Waals surface area contributed by atoms with Crippen LogP contribution in [0.4, 0.5) is 13.2 Å². The van der Waals surface area contributed by atoms with Gasteiger partial charge in [0.05, 0.1) is 6.54 Å². The van der Waals surface area contributed by atoms with E-state index in [9.17, 15) is 18.0 Å². The van der Waals surface area contributed by atoms with Gasteiger partial charge in [-0.2, -0.15) is 13.2 Å². The van der Waals surface area contributed by atoms with Crippen LogP contribution in [0, 0.1) is 5.41 Å². The van der Waals surface area contributed by atoms with E-state index in [0.29, 0.717) is 13.2 Å². The van der Waals surface area contributed by atoms with Crippen LogP contribution in [0.2, 0.25) is 0 Å². The smallest absolute Gasteiger partial charge is 0.385 e. The molecule has 2 N–H and O–H groups in total. The Bertz CT molecular complexity index is 278. The van der Waals surface area contributed by atoms with E-state index in [-0.39, 0.29) is 12.0 Å². The first kappa shape index (κ1) is 15.2. The molecule has 0 aliphatic heterocycles. The predicted octanol–water partition coefficient (Wildman–Crippen LogP) is 1.07. The molecule has 1 aliphatic rings. The summed E-state index contributed by atoms with van der Waals surface area (Å²) in [6, 6.07) is 0. The Balaban J connectivity index is 2.09. The normalized spacial score (nSPS) is 17.6. The third kappa shape index (κ3) is 6.20. The van der Waals surface area contributed by atoms with E-state index in [1.54, 1.807) is 7.11 Å². The van der Waals surface area contributed by atoms with E-state index in [1.165, 1.54) is 0 Å². The quantitative estimate of drug-likeness (QED) is 0.692. The molecule has 0 unspecified atom stereocenters. The van der Waals surface area contributed by atoms with Gasteiger partial charge in [-0.05, 0) is 24.7 Å². The van der Waals surface area contributed by atoms with Crippen molar-refractivity contribution in [2.45, 2.75) is 25.4 Å². The van der Waals surface area contributed by atoms with Gasteiger partial charge in [-0.25, -0.2) is 0 Å². The largest absolute Gasteiger partial charge is 0.405 e. The van der Waals surface area contributed by atoms with Crippen molar-refractivity contribution in [2.75, 3.05) is 33.4 Å². The lowest BCUT2D eigenvalue weighted by molar-refractivity contribution is -0.137. The highest BCUT2D eigenvalue weighted by Gasteiger charge is 2.41. The molecule has 1 amide bonds. The van der Waals surface area contributed by atoms with Crippen molar-refractivity contribution < 1.29 is 22.7 Å². The molecule has 0 aromatic carbocycles. The first-order valence-corrected chi connectivity index (χ1v) is 5.90. The first-order chi connectivity index (χ1) is 8.37. The second-order valence-corrected chi connectivity index (χ2v) is 4.74. The third-order valence-electron chi connectivity index (χ3n) is 3.07. The Kier molecular flexibility index (Phi) is 5.40. The van der Waals surface area contributed by atoms with Gasteiger partial charge < -0.3 is 15.4 Å². The van der Waals surface area contributed by atoms with Crippen molar-refractivity contribution in [3.8, 4) is 0 Å². The Labute approximate surface area is 104 Å². The maximum atomic E-state index is 11.8. The summed E-state index contributed by atoms with van der Waals surface area (Å²) in [7, 11) is 1.63. The minimum Gasteiger partial charge on any atom is -0.385 e. The summed E-state index contributed by atoms with van der Waals surface area (Å²) in [5.74, 6) is -0.630. The fraction of sp³-hybridized carbons (Fsp3) is 0.909. The number of ether oxygens (including phenoxy) is 1. The van der Waals surface area contributed by atoms with Crippen molar-refractivity contribution in [3.63, 3.8) is 0 Å². The van der Waals surface area contributed by atoms with Crippen molar-refractivity contribution in [3.05, 3.63) is 0 Å². The van der Waals surface area contributed by atoms with Crippen LogP contribution in [0.5, 0.6) is 0 Å². The average Bonchev–Trinajstić information content (AvgIpc) is 3.03. The van der Waals surface area contributed by atoms with Crippen LogP contribution in [0.3, 0.4) is 0 Å². The van der Waals surface area contributed by atoms with E-state index >= 15 is 0 Å². The maximum absolute atomic E-state index is 11.8. The van der Waals surface area contributed by atoms with E-state index in [2.05, 4.69) is 5.32 Å². The highest BCUT2D eigenvalue weighted by molar-refractivity contribution is 5.78. The molecule has 4 nitrogen and oxygen atoms in total. The van der Waals surface area contributed by atoms with Gasteiger partial charge in [-0.15, -0.1) is 0 Å². The molecule has 7 heteroatoms. The van der Waals surface area contributed by atoms with Crippen LogP contribution >= 0.6 is 0 Å². The Hall–Kier alpha value is -0.820. The second kappa shape index (κ2) is 6.38. The molecule has 0 bridgehead atoms. The van der Waals surface area contributed by atoms with Crippen LogP contribution < -0.4 is 10.6 Å². The van der Waals surface area contributed by atoms with Gasteiger partial charge in [0.15, 0.2) is 0 Å². The molecule has 0 heterocycles. The Morgan fingerprint density at radius 2 is 2.06 bits per heavy atom.